The Bertz CT molecular complexity index is 450. The van der Waals surface area contributed by atoms with E-state index in [0.717, 1.165) is 23.8 Å². The van der Waals surface area contributed by atoms with Crippen LogP contribution in [-0.2, 0) is 6.42 Å². The van der Waals surface area contributed by atoms with Crippen LogP contribution in [0.5, 0.6) is 0 Å². The molecule has 0 bridgehead atoms. The second kappa shape index (κ2) is 9.11. The average molecular weight is 320 g/mol. The van der Waals surface area contributed by atoms with Crippen molar-refractivity contribution in [1.82, 2.24) is 10.2 Å². The fraction of sp³-hybridized carbons (Fsp3) is 0.611. The molecule has 0 aliphatic carbocycles. The molecule has 1 saturated heterocycles. The minimum absolute atomic E-state index is 0.506. The molecular formula is C18H29N3S. The van der Waals surface area contributed by atoms with Gasteiger partial charge in [-0.3, -0.25) is 0 Å². The molecule has 0 radical (unpaired) electrons. The molecule has 1 aliphatic heterocycles. The number of hydrogen-bond donors (Lipinski definition) is 2. The van der Waals surface area contributed by atoms with Gasteiger partial charge in [0.05, 0.1) is 0 Å². The summed E-state index contributed by atoms with van der Waals surface area (Å²) in [5, 5.41) is 7.51. The third kappa shape index (κ3) is 5.58. The zero-order chi connectivity index (χ0) is 15.8. The lowest BCUT2D eigenvalue weighted by atomic mass is 10.1. The molecule has 2 N–H and O–H groups in total. The Morgan fingerprint density at radius 1 is 1.18 bits per heavy atom. The Kier molecular flexibility index (Phi) is 7.13. The first kappa shape index (κ1) is 17.2. The number of aryl methyl sites for hydroxylation is 1. The van der Waals surface area contributed by atoms with Crippen LogP contribution in [0.3, 0.4) is 0 Å². The molecule has 1 fully saturated rings. The van der Waals surface area contributed by atoms with Crippen molar-refractivity contribution >= 4 is 23.0 Å². The van der Waals surface area contributed by atoms with Gasteiger partial charge in [-0.2, -0.15) is 0 Å². The minimum Gasteiger partial charge on any atom is -0.360 e. The van der Waals surface area contributed by atoms with E-state index in [4.69, 9.17) is 12.2 Å². The molecule has 4 heteroatoms. The highest BCUT2D eigenvalue weighted by Gasteiger charge is 2.18. The summed E-state index contributed by atoms with van der Waals surface area (Å²) < 4.78 is 0. The van der Waals surface area contributed by atoms with Gasteiger partial charge in [-0.1, -0.05) is 32.4 Å². The summed E-state index contributed by atoms with van der Waals surface area (Å²) in [6.07, 6.45) is 6.00. The lowest BCUT2D eigenvalue weighted by Gasteiger charge is -2.32. The van der Waals surface area contributed by atoms with E-state index in [9.17, 15) is 0 Å². The van der Waals surface area contributed by atoms with Crippen molar-refractivity contribution < 1.29 is 0 Å². The Morgan fingerprint density at radius 3 is 2.45 bits per heavy atom. The number of nitrogens with zero attached hydrogens (tertiary/aromatic N) is 1. The van der Waals surface area contributed by atoms with Crippen LogP contribution in [0, 0.1) is 0 Å². The highest BCUT2D eigenvalue weighted by Crippen LogP contribution is 2.13. The van der Waals surface area contributed by atoms with Crippen molar-refractivity contribution in [2.45, 2.75) is 52.0 Å². The predicted molar refractivity (Wildman–Crippen MR) is 99.5 cm³/mol. The van der Waals surface area contributed by atoms with Gasteiger partial charge in [0.2, 0.25) is 0 Å². The quantitative estimate of drug-likeness (QED) is 0.780. The smallest absolute Gasteiger partial charge is 0.170 e. The number of thiocarbonyl (C=S) groups is 1. The van der Waals surface area contributed by atoms with Crippen molar-refractivity contribution in [2.75, 3.05) is 25.0 Å². The predicted octanol–water partition coefficient (Wildman–Crippen LogP) is 3.80. The first-order chi connectivity index (χ1) is 10.7. The Hall–Kier alpha value is -1.13. The van der Waals surface area contributed by atoms with Crippen molar-refractivity contribution in [3.8, 4) is 0 Å². The molecule has 3 nitrogen and oxygen atoms in total. The van der Waals surface area contributed by atoms with E-state index in [1.54, 1.807) is 0 Å². The van der Waals surface area contributed by atoms with Gasteiger partial charge in [0.15, 0.2) is 5.11 Å². The van der Waals surface area contributed by atoms with Crippen molar-refractivity contribution in [3.05, 3.63) is 29.8 Å². The summed E-state index contributed by atoms with van der Waals surface area (Å²) in [5.41, 5.74) is 2.47. The molecule has 22 heavy (non-hydrogen) atoms. The molecule has 0 spiro atoms. The molecule has 1 heterocycles. The zero-order valence-electron chi connectivity index (χ0n) is 13.9. The second-order valence-corrected chi connectivity index (χ2v) is 6.52. The van der Waals surface area contributed by atoms with E-state index >= 15 is 0 Å². The third-order valence-electron chi connectivity index (χ3n) is 4.40. The standard InChI is InChI=1S/C18H29N3S/c1-3-5-6-15-7-9-16(10-8-15)19-18(22)20-17-11-13-21(4-2)14-12-17/h7-10,17H,3-6,11-14H2,1-2H3,(H2,19,20,22). The molecule has 0 unspecified atom stereocenters. The van der Waals surface area contributed by atoms with Crippen molar-refractivity contribution in [2.24, 2.45) is 0 Å². The van der Waals surface area contributed by atoms with Crippen molar-refractivity contribution in [3.63, 3.8) is 0 Å². The Balaban J connectivity index is 1.75. The van der Waals surface area contributed by atoms with Crippen LogP contribution in [-0.4, -0.2) is 35.7 Å². The largest absolute Gasteiger partial charge is 0.360 e. The van der Waals surface area contributed by atoms with Gasteiger partial charge in [-0.15, -0.1) is 0 Å². The second-order valence-electron chi connectivity index (χ2n) is 6.11. The number of unbranched alkanes of at least 4 members (excludes halogenated alkanes) is 1. The van der Waals surface area contributed by atoms with Crippen molar-refractivity contribution in [1.29, 1.82) is 0 Å². The zero-order valence-corrected chi connectivity index (χ0v) is 14.7. The monoisotopic (exact) mass is 319 g/mol. The molecule has 0 saturated carbocycles. The first-order valence-corrected chi connectivity index (χ1v) is 9.01. The number of piperidine rings is 1. The highest BCUT2D eigenvalue weighted by molar-refractivity contribution is 7.80. The normalized spacial score (nSPS) is 16.5. The van der Waals surface area contributed by atoms with Crippen LogP contribution in [0.4, 0.5) is 5.69 Å². The van der Waals surface area contributed by atoms with Gasteiger partial charge in [0.25, 0.3) is 0 Å². The van der Waals surface area contributed by atoms with E-state index in [1.807, 2.05) is 0 Å². The average Bonchev–Trinajstić information content (AvgIpc) is 2.55. The summed E-state index contributed by atoms with van der Waals surface area (Å²) in [6.45, 7) is 7.95. The fourth-order valence-electron chi connectivity index (χ4n) is 2.88. The summed E-state index contributed by atoms with van der Waals surface area (Å²) in [6, 6.07) is 9.14. The van der Waals surface area contributed by atoms with Gasteiger partial charge < -0.3 is 15.5 Å². The van der Waals surface area contributed by atoms with Crippen LogP contribution in [0.1, 0.15) is 45.1 Å². The van der Waals surface area contributed by atoms with Gasteiger partial charge in [0, 0.05) is 24.8 Å². The van der Waals surface area contributed by atoms with E-state index < -0.39 is 0 Å². The minimum atomic E-state index is 0.506. The third-order valence-corrected chi connectivity index (χ3v) is 4.62. The maximum absolute atomic E-state index is 5.44. The fourth-order valence-corrected chi connectivity index (χ4v) is 3.17. The Labute approximate surface area is 140 Å². The van der Waals surface area contributed by atoms with E-state index in [1.165, 1.54) is 44.3 Å². The lowest BCUT2D eigenvalue weighted by molar-refractivity contribution is 0.216. The number of hydrogen-bond acceptors (Lipinski definition) is 2. The molecule has 0 atom stereocenters. The molecule has 0 aromatic heterocycles. The van der Waals surface area contributed by atoms with Crippen LogP contribution in [0.15, 0.2) is 24.3 Å². The molecule has 122 valence electrons. The molecule has 1 aromatic carbocycles. The number of anilines is 1. The van der Waals surface area contributed by atoms with Crippen LogP contribution >= 0.6 is 12.2 Å². The number of rotatable bonds is 6. The van der Waals surface area contributed by atoms with Crippen LogP contribution in [0.2, 0.25) is 0 Å². The number of nitrogens with one attached hydrogen (secondary N) is 2. The molecule has 1 aliphatic rings. The number of benzene rings is 1. The molecule has 0 amide bonds. The van der Waals surface area contributed by atoms with E-state index in [2.05, 4.69) is 53.6 Å². The SMILES string of the molecule is CCCCc1ccc(NC(=S)NC2CCN(CC)CC2)cc1. The van der Waals surface area contributed by atoms with E-state index in [-0.39, 0.29) is 0 Å². The van der Waals surface area contributed by atoms with E-state index in [0.29, 0.717) is 6.04 Å². The van der Waals surface area contributed by atoms with Gasteiger partial charge in [0.1, 0.15) is 0 Å². The Morgan fingerprint density at radius 2 is 1.86 bits per heavy atom. The maximum atomic E-state index is 5.44. The number of likely N-dealkylation sites (tertiary alicyclic amines) is 1. The first-order valence-electron chi connectivity index (χ1n) is 8.60. The summed E-state index contributed by atoms with van der Waals surface area (Å²) >= 11 is 5.44. The lowest BCUT2D eigenvalue weighted by Crippen LogP contribution is -2.45. The molecular weight excluding hydrogens is 290 g/mol. The van der Waals surface area contributed by atoms with Crippen LogP contribution < -0.4 is 10.6 Å². The van der Waals surface area contributed by atoms with Crippen LogP contribution in [0.25, 0.3) is 0 Å². The van der Waals surface area contributed by atoms with Gasteiger partial charge in [-0.05, 0) is 62.1 Å². The van der Waals surface area contributed by atoms with Gasteiger partial charge in [-0.25, -0.2) is 0 Å². The summed E-state index contributed by atoms with van der Waals surface area (Å²) in [4.78, 5) is 2.49. The van der Waals surface area contributed by atoms with Gasteiger partial charge >= 0.3 is 0 Å². The summed E-state index contributed by atoms with van der Waals surface area (Å²) in [5.74, 6) is 0. The highest BCUT2D eigenvalue weighted by atomic mass is 32.1. The molecule has 1 aromatic rings. The molecule has 2 rings (SSSR count). The maximum Gasteiger partial charge on any atom is 0.170 e. The summed E-state index contributed by atoms with van der Waals surface area (Å²) in [7, 11) is 0. The topological polar surface area (TPSA) is 27.3 Å².